The van der Waals surface area contributed by atoms with Crippen LogP contribution in [0, 0.1) is 10.1 Å². The van der Waals surface area contributed by atoms with Gasteiger partial charge in [-0.25, -0.2) is 0 Å². The number of nitro benzene ring substituents is 1. The highest BCUT2D eigenvalue weighted by Gasteiger charge is 2.53. The summed E-state index contributed by atoms with van der Waals surface area (Å²) < 4.78 is 44.9. The van der Waals surface area contributed by atoms with Crippen LogP contribution >= 0.6 is 0 Å². The number of nitro groups is 1. The number of nitrogens with zero attached hydrogens (tertiary/aromatic N) is 3. The fourth-order valence-electron chi connectivity index (χ4n) is 2.93. The molecular weight excluding hydrogens is 395 g/mol. The summed E-state index contributed by atoms with van der Waals surface area (Å²) in [5.41, 5.74) is -4.44. The van der Waals surface area contributed by atoms with Crippen LogP contribution in [0.1, 0.15) is 22.3 Å². The third-order valence-corrected chi connectivity index (χ3v) is 4.38. The number of non-ortho nitro benzene ring substituents is 1. The van der Waals surface area contributed by atoms with Gasteiger partial charge in [-0.15, -0.1) is 0 Å². The van der Waals surface area contributed by atoms with Crippen molar-refractivity contribution < 1.29 is 32.7 Å². The molecule has 0 spiro atoms. The highest BCUT2D eigenvalue weighted by molar-refractivity contribution is 6.01. The van der Waals surface area contributed by atoms with Crippen LogP contribution in [0.15, 0.2) is 53.6 Å². The van der Waals surface area contributed by atoms with Crippen molar-refractivity contribution in [1.82, 2.24) is 5.01 Å². The van der Waals surface area contributed by atoms with Crippen LogP contribution < -0.4 is 4.74 Å². The molecule has 0 unspecified atom stereocenters. The smallest absolute Gasteiger partial charge is 0.431 e. The number of amides is 1. The number of hydrazone groups is 1. The van der Waals surface area contributed by atoms with Crippen molar-refractivity contribution >= 4 is 17.3 Å². The predicted molar refractivity (Wildman–Crippen MR) is 94.3 cm³/mol. The monoisotopic (exact) mass is 409 g/mol. The first kappa shape index (κ1) is 20.3. The van der Waals surface area contributed by atoms with E-state index in [9.17, 15) is 33.2 Å². The van der Waals surface area contributed by atoms with E-state index in [1.165, 1.54) is 25.3 Å². The number of rotatable bonds is 4. The van der Waals surface area contributed by atoms with Gasteiger partial charge < -0.3 is 9.84 Å². The Kier molecular flexibility index (Phi) is 5.01. The molecule has 1 amide bonds. The van der Waals surface area contributed by atoms with E-state index in [2.05, 4.69) is 5.10 Å². The van der Waals surface area contributed by atoms with Crippen LogP contribution in [0.4, 0.5) is 18.9 Å². The summed E-state index contributed by atoms with van der Waals surface area (Å²) in [4.78, 5) is 23.1. The summed E-state index contributed by atoms with van der Waals surface area (Å²) >= 11 is 0. The quantitative estimate of drug-likeness (QED) is 0.617. The SMILES string of the molecule is COc1ccccc1C(=O)N1N=C(C(F)(F)F)C[C@@]1(O)c1ccc([N+](=O)[O-])cc1. The van der Waals surface area contributed by atoms with E-state index < -0.39 is 34.9 Å². The maximum absolute atomic E-state index is 13.3. The van der Waals surface area contributed by atoms with Crippen molar-refractivity contribution in [3.63, 3.8) is 0 Å². The lowest BCUT2D eigenvalue weighted by Crippen LogP contribution is -2.43. The topological polar surface area (TPSA) is 105 Å². The Labute approximate surface area is 162 Å². The molecule has 1 atom stereocenters. The lowest BCUT2D eigenvalue weighted by atomic mass is 9.96. The molecule has 8 nitrogen and oxygen atoms in total. The van der Waals surface area contributed by atoms with Gasteiger partial charge in [0.15, 0.2) is 5.72 Å². The Bertz CT molecular complexity index is 991. The number of carbonyl (C=O) groups excluding carboxylic acids is 1. The van der Waals surface area contributed by atoms with E-state index in [1.54, 1.807) is 6.07 Å². The molecule has 0 saturated heterocycles. The third kappa shape index (κ3) is 3.63. The number of carbonyl (C=O) groups is 1. The van der Waals surface area contributed by atoms with Crippen molar-refractivity contribution in [2.45, 2.75) is 18.3 Å². The Balaban J connectivity index is 2.09. The number of hydrogen-bond donors (Lipinski definition) is 1. The Morgan fingerprint density at radius 3 is 2.41 bits per heavy atom. The van der Waals surface area contributed by atoms with Gasteiger partial charge in [0, 0.05) is 17.7 Å². The fourth-order valence-corrected chi connectivity index (χ4v) is 2.93. The van der Waals surface area contributed by atoms with E-state index >= 15 is 0 Å². The Hall–Kier alpha value is -3.47. The van der Waals surface area contributed by atoms with E-state index in [0.29, 0.717) is 5.01 Å². The molecule has 1 aliphatic heterocycles. The molecule has 152 valence electrons. The predicted octanol–water partition coefficient (Wildman–Crippen LogP) is 3.21. The van der Waals surface area contributed by atoms with Crippen molar-refractivity contribution in [3.8, 4) is 5.75 Å². The van der Waals surface area contributed by atoms with E-state index in [0.717, 1.165) is 24.3 Å². The van der Waals surface area contributed by atoms with Crippen molar-refractivity contribution in [2.24, 2.45) is 5.10 Å². The first-order chi connectivity index (χ1) is 13.6. The van der Waals surface area contributed by atoms with Gasteiger partial charge in [-0.1, -0.05) is 12.1 Å². The number of para-hydroxylation sites is 1. The minimum atomic E-state index is -4.88. The lowest BCUT2D eigenvalue weighted by Gasteiger charge is -2.31. The lowest BCUT2D eigenvalue weighted by molar-refractivity contribution is -0.384. The zero-order valence-electron chi connectivity index (χ0n) is 14.9. The molecule has 29 heavy (non-hydrogen) atoms. The summed E-state index contributed by atoms with van der Waals surface area (Å²) in [6, 6.07) is 9.99. The average Bonchev–Trinajstić information content (AvgIpc) is 3.06. The van der Waals surface area contributed by atoms with Gasteiger partial charge >= 0.3 is 6.18 Å². The molecule has 1 aliphatic rings. The second kappa shape index (κ2) is 7.17. The third-order valence-electron chi connectivity index (χ3n) is 4.38. The van der Waals surface area contributed by atoms with Crippen LogP contribution in [0.3, 0.4) is 0 Å². The number of alkyl halides is 3. The molecular formula is C18H14F3N3O5. The molecule has 1 N–H and O–H groups in total. The largest absolute Gasteiger partial charge is 0.496 e. The van der Waals surface area contributed by atoms with Gasteiger partial charge in [0.05, 0.1) is 24.0 Å². The molecule has 1 heterocycles. The molecule has 0 aromatic heterocycles. The molecule has 11 heteroatoms. The summed E-state index contributed by atoms with van der Waals surface area (Å²) in [5.74, 6) is -0.943. The van der Waals surface area contributed by atoms with Gasteiger partial charge in [0.25, 0.3) is 11.6 Å². The second-order valence-electron chi connectivity index (χ2n) is 6.16. The molecule has 0 aliphatic carbocycles. The first-order valence-corrected chi connectivity index (χ1v) is 8.17. The number of methoxy groups -OCH3 is 1. The fraction of sp³-hybridized carbons (Fsp3) is 0.222. The highest BCUT2D eigenvalue weighted by atomic mass is 19.4. The van der Waals surface area contributed by atoms with E-state index in [-0.39, 0.29) is 22.6 Å². The second-order valence-corrected chi connectivity index (χ2v) is 6.16. The number of hydrogen-bond acceptors (Lipinski definition) is 6. The summed E-state index contributed by atoms with van der Waals surface area (Å²) in [7, 11) is 1.28. The van der Waals surface area contributed by atoms with Crippen LogP contribution in [0.25, 0.3) is 0 Å². The highest BCUT2D eigenvalue weighted by Crippen LogP contribution is 2.41. The van der Waals surface area contributed by atoms with E-state index in [4.69, 9.17) is 4.74 Å². The Morgan fingerprint density at radius 1 is 1.24 bits per heavy atom. The number of benzene rings is 2. The molecule has 0 radical (unpaired) electrons. The molecule has 2 aromatic carbocycles. The molecule has 0 fully saturated rings. The molecule has 0 bridgehead atoms. The minimum Gasteiger partial charge on any atom is -0.496 e. The van der Waals surface area contributed by atoms with Crippen molar-refractivity contribution in [2.75, 3.05) is 7.11 Å². The average molecular weight is 409 g/mol. The van der Waals surface area contributed by atoms with Gasteiger partial charge in [0.2, 0.25) is 0 Å². The van der Waals surface area contributed by atoms with Crippen molar-refractivity contribution in [3.05, 3.63) is 69.8 Å². The minimum absolute atomic E-state index is 0.0826. The van der Waals surface area contributed by atoms with Gasteiger partial charge in [-0.05, 0) is 24.3 Å². The number of aliphatic hydroxyl groups is 1. The Morgan fingerprint density at radius 2 is 1.86 bits per heavy atom. The first-order valence-electron chi connectivity index (χ1n) is 8.17. The van der Waals surface area contributed by atoms with Crippen LogP contribution in [-0.4, -0.2) is 39.9 Å². The number of ether oxygens (including phenoxy) is 1. The van der Waals surface area contributed by atoms with Gasteiger partial charge in [0.1, 0.15) is 11.5 Å². The normalized spacial score (nSPS) is 19.1. The maximum atomic E-state index is 13.3. The molecule has 2 aromatic rings. The zero-order valence-corrected chi connectivity index (χ0v) is 14.9. The van der Waals surface area contributed by atoms with Crippen LogP contribution in [-0.2, 0) is 5.72 Å². The summed E-state index contributed by atoms with van der Waals surface area (Å²) in [6.45, 7) is 0. The van der Waals surface area contributed by atoms with Crippen molar-refractivity contribution in [1.29, 1.82) is 0 Å². The molecule has 0 saturated carbocycles. The maximum Gasteiger partial charge on any atom is 0.431 e. The summed E-state index contributed by atoms with van der Waals surface area (Å²) in [6.07, 6.45) is -5.92. The summed E-state index contributed by atoms with van der Waals surface area (Å²) in [5, 5.41) is 25.5. The van der Waals surface area contributed by atoms with Gasteiger partial charge in [-0.3, -0.25) is 14.9 Å². The van der Waals surface area contributed by atoms with E-state index in [1.807, 2.05) is 0 Å². The zero-order chi connectivity index (χ0) is 21.4. The van der Waals surface area contributed by atoms with Crippen LogP contribution in [0.2, 0.25) is 0 Å². The molecule has 3 rings (SSSR count). The van der Waals surface area contributed by atoms with Crippen LogP contribution in [0.5, 0.6) is 5.75 Å². The standard InChI is InChI=1S/C18H14F3N3O5/c1-29-14-5-3-2-4-13(14)16(25)23-17(26,10-15(22-23)18(19,20)21)11-6-8-12(9-7-11)24(27)28/h2-9,26H,10H2,1H3/t17-/m1/s1. The number of halogens is 3. The van der Waals surface area contributed by atoms with Gasteiger partial charge in [-0.2, -0.15) is 23.3 Å².